The molecule has 152 valence electrons. The molecule has 0 spiro atoms. The maximum absolute atomic E-state index is 12.4. The molecule has 29 heavy (non-hydrogen) atoms. The standard InChI is InChI=1S/C22H22Cl2N2O3/c1-5-29-21(27)18-13-20(22(2,3)14-6-9-16(28-4)10-7-14)26(25-18)19-11-8-15(23)12-17(19)24/h6-13H,5H2,1-4H3. The summed E-state index contributed by atoms with van der Waals surface area (Å²) in [4.78, 5) is 12.4. The van der Waals surface area contributed by atoms with Gasteiger partial charge >= 0.3 is 5.97 Å². The first-order chi connectivity index (χ1) is 13.8. The van der Waals surface area contributed by atoms with Crippen molar-refractivity contribution in [2.45, 2.75) is 26.2 Å². The molecule has 5 nitrogen and oxygen atoms in total. The molecule has 0 radical (unpaired) electrons. The summed E-state index contributed by atoms with van der Waals surface area (Å²) in [6.07, 6.45) is 0. The number of carbonyl (C=O) groups excluding carboxylic acids is 1. The Labute approximate surface area is 180 Å². The van der Waals surface area contributed by atoms with Crippen molar-refractivity contribution in [3.63, 3.8) is 0 Å². The van der Waals surface area contributed by atoms with E-state index >= 15 is 0 Å². The van der Waals surface area contributed by atoms with Gasteiger partial charge in [-0.1, -0.05) is 49.2 Å². The zero-order valence-electron chi connectivity index (χ0n) is 16.7. The van der Waals surface area contributed by atoms with E-state index in [0.29, 0.717) is 15.7 Å². The molecule has 1 heterocycles. The molecule has 2 aromatic carbocycles. The number of aromatic nitrogens is 2. The molecular formula is C22H22Cl2N2O3. The summed E-state index contributed by atoms with van der Waals surface area (Å²) in [6.45, 7) is 6.14. The number of esters is 1. The normalized spacial score (nSPS) is 11.4. The Hall–Kier alpha value is -2.50. The lowest BCUT2D eigenvalue weighted by Crippen LogP contribution is -2.23. The number of hydrogen-bond acceptors (Lipinski definition) is 4. The molecule has 0 atom stereocenters. The first kappa shape index (κ1) is 21.2. The molecular weight excluding hydrogens is 411 g/mol. The van der Waals surface area contributed by atoms with Crippen LogP contribution < -0.4 is 4.74 Å². The summed E-state index contributed by atoms with van der Waals surface area (Å²) >= 11 is 12.5. The Morgan fingerprint density at radius 3 is 2.38 bits per heavy atom. The summed E-state index contributed by atoms with van der Waals surface area (Å²) in [7, 11) is 1.63. The number of hydrogen-bond donors (Lipinski definition) is 0. The van der Waals surface area contributed by atoms with Crippen LogP contribution in [0.3, 0.4) is 0 Å². The van der Waals surface area contributed by atoms with Crippen molar-refractivity contribution in [1.29, 1.82) is 0 Å². The van der Waals surface area contributed by atoms with E-state index in [1.54, 1.807) is 43.0 Å². The van der Waals surface area contributed by atoms with E-state index in [-0.39, 0.29) is 12.3 Å². The van der Waals surface area contributed by atoms with E-state index in [2.05, 4.69) is 18.9 Å². The predicted octanol–water partition coefficient (Wildman–Crippen LogP) is 5.69. The second-order valence-corrected chi connectivity index (χ2v) is 7.84. The average Bonchev–Trinajstić information content (AvgIpc) is 3.14. The largest absolute Gasteiger partial charge is 0.497 e. The molecule has 0 aliphatic carbocycles. The number of methoxy groups -OCH3 is 1. The van der Waals surface area contributed by atoms with Crippen LogP contribution in [0.2, 0.25) is 10.0 Å². The van der Waals surface area contributed by atoms with Gasteiger partial charge in [-0.3, -0.25) is 0 Å². The van der Waals surface area contributed by atoms with E-state index < -0.39 is 11.4 Å². The highest BCUT2D eigenvalue weighted by molar-refractivity contribution is 6.35. The molecule has 0 bridgehead atoms. The minimum Gasteiger partial charge on any atom is -0.497 e. The molecule has 0 saturated heterocycles. The third-order valence-electron chi connectivity index (χ3n) is 4.78. The van der Waals surface area contributed by atoms with Crippen LogP contribution >= 0.6 is 23.2 Å². The number of ether oxygens (including phenoxy) is 2. The summed E-state index contributed by atoms with van der Waals surface area (Å²) in [5.74, 6) is 0.286. The number of benzene rings is 2. The highest BCUT2D eigenvalue weighted by Crippen LogP contribution is 2.36. The number of nitrogens with zero attached hydrogens (tertiary/aromatic N) is 2. The van der Waals surface area contributed by atoms with E-state index in [4.69, 9.17) is 32.7 Å². The molecule has 0 aliphatic rings. The van der Waals surface area contributed by atoms with Crippen molar-refractivity contribution >= 4 is 29.2 Å². The van der Waals surface area contributed by atoms with Crippen LogP contribution in [0.1, 0.15) is 42.5 Å². The van der Waals surface area contributed by atoms with Crippen LogP contribution in [0, 0.1) is 0 Å². The van der Waals surface area contributed by atoms with Crippen molar-refractivity contribution in [3.8, 4) is 11.4 Å². The van der Waals surface area contributed by atoms with Crippen LogP contribution in [-0.2, 0) is 10.2 Å². The predicted molar refractivity (Wildman–Crippen MR) is 115 cm³/mol. The fourth-order valence-corrected chi connectivity index (χ4v) is 3.61. The quantitative estimate of drug-likeness (QED) is 0.469. The molecule has 3 aromatic rings. The van der Waals surface area contributed by atoms with Gasteiger partial charge in [0.05, 0.1) is 30.1 Å². The van der Waals surface area contributed by atoms with Gasteiger partial charge in [0.15, 0.2) is 5.69 Å². The summed E-state index contributed by atoms with van der Waals surface area (Å²) in [5.41, 5.74) is 2.17. The first-order valence-corrected chi connectivity index (χ1v) is 9.91. The minimum atomic E-state index is -0.493. The molecule has 0 N–H and O–H groups in total. The molecule has 0 amide bonds. The lowest BCUT2D eigenvalue weighted by Gasteiger charge is -2.27. The van der Waals surface area contributed by atoms with Crippen LogP contribution in [-0.4, -0.2) is 29.5 Å². The highest BCUT2D eigenvalue weighted by atomic mass is 35.5. The van der Waals surface area contributed by atoms with Crippen LogP contribution in [0.25, 0.3) is 5.69 Å². The zero-order chi connectivity index (χ0) is 21.2. The molecule has 1 aromatic heterocycles. The van der Waals surface area contributed by atoms with Gasteiger partial charge in [0.2, 0.25) is 0 Å². The minimum absolute atomic E-state index is 0.217. The van der Waals surface area contributed by atoms with Gasteiger partial charge in [0.1, 0.15) is 5.75 Å². The maximum atomic E-state index is 12.4. The van der Waals surface area contributed by atoms with E-state index in [1.165, 1.54) is 0 Å². The lowest BCUT2D eigenvalue weighted by molar-refractivity contribution is 0.0519. The summed E-state index contributed by atoms with van der Waals surface area (Å²) < 4.78 is 12.1. The zero-order valence-corrected chi connectivity index (χ0v) is 18.2. The second-order valence-electron chi connectivity index (χ2n) is 7.00. The van der Waals surface area contributed by atoms with Gasteiger partial charge in [0, 0.05) is 10.4 Å². The molecule has 7 heteroatoms. The monoisotopic (exact) mass is 432 g/mol. The fraction of sp³-hybridized carbons (Fsp3) is 0.273. The lowest BCUT2D eigenvalue weighted by atomic mass is 9.81. The first-order valence-electron chi connectivity index (χ1n) is 9.15. The Morgan fingerprint density at radius 1 is 1.10 bits per heavy atom. The van der Waals surface area contributed by atoms with Gasteiger partial charge in [-0.25, -0.2) is 9.48 Å². The summed E-state index contributed by atoms with van der Waals surface area (Å²) in [5, 5.41) is 5.46. The van der Waals surface area contributed by atoms with E-state index in [9.17, 15) is 4.79 Å². The van der Waals surface area contributed by atoms with Gasteiger partial charge in [0.25, 0.3) is 0 Å². The Balaban J connectivity index is 2.18. The Morgan fingerprint density at radius 2 is 1.79 bits per heavy atom. The fourth-order valence-electron chi connectivity index (χ4n) is 3.12. The topological polar surface area (TPSA) is 53.4 Å². The van der Waals surface area contributed by atoms with E-state index in [1.807, 2.05) is 24.3 Å². The number of halogens is 2. The maximum Gasteiger partial charge on any atom is 0.358 e. The average molecular weight is 433 g/mol. The van der Waals surface area contributed by atoms with Crippen molar-refractivity contribution in [3.05, 3.63) is 75.5 Å². The van der Waals surface area contributed by atoms with Gasteiger partial charge in [-0.2, -0.15) is 5.10 Å². The third kappa shape index (κ3) is 4.26. The second kappa shape index (κ2) is 8.47. The molecule has 3 rings (SSSR count). The smallest absolute Gasteiger partial charge is 0.358 e. The van der Waals surface area contributed by atoms with Crippen LogP contribution in [0.5, 0.6) is 5.75 Å². The van der Waals surface area contributed by atoms with Gasteiger partial charge in [-0.05, 0) is 48.9 Å². The highest BCUT2D eigenvalue weighted by Gasteiger charge is 2.31. The number of rotatable bonds is 6. The van der Waals surface area contributed by atoms with Gasteiger partial charge < -0.3 is 9.47 Å². The van der Waals surface area contributed by atoms with Crippen molar-refractivity contribution in [2.24, 2.45) is 0 Å². The van der Waals surface area contributed by atoms with Crippen molar-refractivity contribution < 1.29 is 14.3 Å². The Bertz CT molecular complexity index is 1030. The SMILES string of the molecule is CCOC(=O)c1cc(C(C)(C)c2ccc(OC)cc2)n(-c2ccc(Cl)cc2Cl)n1. The number of carbonyl (C=O) groups is 1. The third-order valence-corrected chi connectivity index (χ3v) is 5.32. The van der Waals surface area contributed by atoms with E-state index in [0.717, 1.165) is 17.0 Å². The molecule has 0 saturated carbocycles. The van der Waals surface area contributed by atoms with Crippen molar-refractivity contribution in [1.82, 2.24) is 9.78 Å². The van der Waals surface area contributed by atoms with Crippen molar-refractivity contribution in [2.75, 3.05) is 13.7 Å². The van der Waals surface area contributed by atoms with Crippen LogP contribution in [0.4, 0.5) is 0 Å². The molecule has 0 aliphatic heterocycles. The van der Waals surface area contributed by atoms with Crippen LogP contribution in [0.15, 0.2) is 48.5 Å². The molecule has 0 unspecified atom stereocenters. The Kier molecular flexibility index (Phi) is 6.20. The molecule has 0 fully saturated rings. The summed E-state index contributed by atoms with van der Waals surface area (Å²) in [6, 6.07) is 14.7. The van der Waals surface area contributed by atoms with Gasteiger partial charge in [-0.15, -0.1) is 0 Å².